The third kappa shape index (κ3) is 4.81. The van der Waals surface area contributed by atoms with E-state index in [1.54, 1.807) is 0 Å². The van der Waals surface area contributed by atoms with Crippen molar-refractivity contribution in [2.24, 2.45) is 0 Å². The summed E-state index contributed by atoms with van der Waals surface area (Å²) in [6, 6.07) is 13.4. The molecule has 1 heterocycles. The van der Waals surface area contributed by atoms with E-state index in [9.17, 15) is 9.18 Å². The Morgan fingerprint density at radius 3 is 2.31 bits per heavy atom. The standard InChI is InChI=1S/C20H23ClFN3O/c1-24-10-12-25(13-11-24)19(15-2-6-17(21)7-3-15)14-23-20(26)16-4-8-18(22)9-5-16/h2-9,19H,10-14H2,1H3,(H,23,26). The molecule has 0 saturated carbocycles. The van der Waals surface area contributed by atoms with E-state index in [1.807, 2.05) is 24.3 Å². The van der Waals surface area contributed by atoms with Crippen LogP contribution in [0.5, 0.6) is 0 Å². The summed E-state index contributed by atoms with van der Waals surface area (Å²) in [5, 5.41) is 3.69. The zero-order valence-electron chi connectivity index (χ0n) is 14.8. The van der Waals surface area contributed by atoms with Crippen molar-refractivity contribution in [3.63, 3.8) is 0 Å². The number of carbonyl (C=O) groups excluding carboxylic acids is 1. The lowest BCUT2D eigenvalue weighted by Gasteiger charge is -2.38. The highest BCUT2D eigenvalue weighted by Crippen LogP contribution is 2.23. The second kappa shape index (κ2) is 8.62. The van der Waals surface area contributed by atoms with E-state index in [1.165, 1.54) is 24.3 Å². The van der Waals surface area contributed by atoms with E-state index in [2.05, 4.69) is 22.2 Å². The highest BCUT2D eigenvalue weighted by Gasteiger charge is 2.24. The summed E-state index contributed by atoms with van der Waals surface area (Å²) in [5.74, 6) is -0.545. The first-order valence-corrected chi connectivity index (χ1v) is 9.12. The van der Waals surface area contributed by atoms with Gasteiger partial charge in [-0.05, 0) is 49.0 Å². The molecule has 0 aromatic heterocycles. The lowest BCUT2D eigenvalue weighted by Crippen LogP contribution is -2.48. The number of halogens is 2. The molecule has 0 bridgehead atoms. The maximum Gasteiger partial charge on any atom is 0.251 e. The fourth-order valence-corrected chi connectivity index (χ4v) is 3.29. The molecule has 4 nitrogen and oxygen atoms in total. The number of nitrogens with zero attached hydrogens (tertiary/aromatic N) is 2. The Hall–Kier alpha value is -1.95. The highest BCUT2D eigenvalue weighted by atomic mass is 35.5. The molecule has 138 valence electrons. The summed E-state index contributed by atoms with van der Waals surface area (Å²) in [7, 11) is 2.12. The van der Waals surface area contributed by atoms with Crippen LogP contribution in [-0.2, 0) is 0 Å². The molecule has 0 aliphatic carbocycles. The molecule has 1 unspecified atom stereocenters. The number of piperazine rings is 1. The monoisotopic (exact) mass is 375 g/mol. The molecule has 26 heavy (non-hydrogen) atoms. The average molecular weight is 376 g/mol. The summed E-state index contributed by atoms with van der Waals surface area (Å²) in [4.78, 5) is 17.1. The Labute approximate surface area is 158 Å². The number of hydrogen-bond acceptors (Lipinski definition) is 3. The molecule has 0 spiro atoms. The number of hydrogen-bond donors (Lipinski definition) is 1. The van der Waals surface area contributed by atoms with Crippen molar-refractivity contribution in [2.45, 2.75) is 6.04 Å². The molecule has 6 heteroatoms. The number of amides is 1. The lowest BCUT2D eigenvalue weighted by molar-refractivity contribution is 0.0886. The molecule has 2 aromatic rings. The predicted molar refractivity (Wildman–Crippen MR) is 102 cm³/mol. The molecular weight excluding hydrogens is 353 g/mol. The van der Waals surface area contributed by atoms with Crippen molar-refractivity contribution in [3.8, 4) is 0 Å². The largest absolute Gasteiger partial charge is 0.350 e. The Balaban J connectivity index is 1.71. The van der Waals surface area contributed by atoms with Crippen LogP contribution >= 0.6 is 11.6 Å². The van der Waals surface area contributed by atoms with Gasteiger partial charge in [0.2, 0.25) is 0 Å². The van der Waals surface area contributed by atoms with Crippen LogP contribution in [0, 0.1) is 5.82 Å². The normalized spacial score (nSPS) is 17.0. The van der Waals surface area contributed by atoms with Crippen molar-refractivity contribution in [1.82, 2.24) is 15.1 Å². The van der Waals surface area contributed by atoms with Gasteiger partial charge in [-0.1, -0.05) is 23.7 Å². The summed E-state index contributed by atoms with van der Waals surface area (Å²) < 4.78 is 13.0. The van der Waals surface area contributed by atoms with E-state index in [0.717, 1.165) is 31.7 Å². The molecule has 1 fully saturated rings. The van der Waals surface area contributed by atoms with Gasteiger partial charge in [-0.3, -0.25) is 9.69 Å². The van der Waals surface area contributed by atoms with Gasteiger partial charge in [0.05, 0.1) is 6.04 Å². The van der Waals surface area contributed by atoms with Gasteiger partial charge < -0.3 is 10.2 Å². The third-order valence-electron chi connectivity index (χ3n) is 4.80. The fraction of sp³-hybridized carbons (Fsp3) is 0.350. The smallest absolute Gasteiger partial charge is 0.251 e. The number of benzene rings is 2. The predicted octanol–water partition coefficient (Wildman–Crippen LogP) is 3.20. The Morgan fingerprint density at radius 1 is 1.08 bits per heavy atom. The summed E-state index contributed by atoms with van der Waals surface area (Å²) in [6.07, 6.45) is 0. The van der Waals surface area contributed by atoms with Gasteiger partial charge >= 0.3 is 0 Å². The first-order chi connectivity index (χ1) is 12.5. The van der Waals surface area contributed by atoms with Crippen molar-refractivity contribution in [2.75, 3.05) is 39.8 Å². The van der Waals surface area contributed by atoms with Crippen LogP contribution in [0.25, 0.3) is 0 Å². The minimum absolute atomic E-state index is 0.0744. The van der Waals surface area contributed by atoms with E-state index in [-0.39, 0.29) is 17.8 Å². The van der Waals surface area contributed by atoms with E-state index >= 15 is 0 Å². The first-order valence-electron chi connectivity index (χ1n) is 8.75. The second-order valence-electron chi connectivity index (χ2n) is 6.62. The molecule has 0 radical (unpaired) electrons. The molecule has 1 aliphatic rings. The van der Waals surface area contributed by atoms with Crippen LogP contribution < -0.4 is 5.32 Å². The molecule has 3 rings (SSSR count). The number of nitrogens with one attached hydrogen (secondary N) is 1. The summed E-state index contributed by atoms with van der Waals surface area (Å²) >= 11 is 6.02. The van der Waals surface area contributed by atoms with Gasteiger partial charge in [0.25, 0.3) is 5.91 Å². The van der Waals surface area contributed by atoms with Crippen LogP contribution in [0.1, 0.15) is 22.0 Å². The Morgan fingerprint density at radius 2 is 1.69 bits per heavy atom. The maximum atomic E-state index is 13.0. The summed E-state index contributed by atoms with van der Waals surface area (Å²) in [6.45, 7) is 4.36. The zero-order chi connectivity index (χ0) is 18.5. The molecule has 1 saturated heterocycles. The van der Waals surface area contributed by atoms with Crippen LogP contribution in [0.4, 0.5) is 4.39 Å². The van der Waals surface area contributed by atoms with Crippen molar-refractivity contribution in [1.29, 1.82) is 0 Å². The van der Waals surface area contributed by atoms with Crippen molar-refractivity contribution in [3.05, 3.63) is 70.5 Å². The number of likely N-dealkylation sites (N-methyl/N-ethyl adjacent to an activating group) is 1. The van der Waals surface area contributed by atoms with E-state index < -0.39 is 0 Å². The molecule has 1 amide bonds. The molecule has 2 aromatic carbocycles. The Bertz CT molecular complexity index is 728. The van der Waals surface area contributed by atoms with Crippen molar-refractivity contribution < 1.29 is 9.18 Å². The fourth-order valence-electron chi connectivity index (χ4n) is 3.17. The van der Waals surface area contributed by atoms with Crippen LogP contribution in [-0.4, -0.2) is 55.5 Å². The SMILES string of the molecule is CN1CCN(C(CNC(=O)c2ccc(F)cc2)c2ccc(Cl)cc2)CC1. The van der Waals surface area contributed by atoms with Crippen LogP contribution in [0.3, 0.4) is 0 Å². The molecular formula is C20H23ClFN3O. The summed E-state index contributed by atoms with van der Waals surface area (Å²) in [5.41, 5.74) is 1.58. The van der Waals surface area contributed by atoms with E-state index in [4.69, 9.17) is 11.6 Å². The van der Waals surface area contributed by atoms with Crippen LogP contribution in [0.15, 0.2) is 48.5 Å². The third-order valence-corrected chi connectivity index (χ3v) is 5.05. The van der Waals surface area contributed by atoms with Gasteiger partial charge in [0.1, 0.15) is 5.82 Å². The van der Waals surface area contributed by atoms with Crippen molar-refractivity contribution >= 4 is 17.5 Å². The van der Waals surface area contributed by atoms with Gasteiger partial charge in [-0.25, -0.2) is 4.39 Å². The number of rotatable bonds is 5. The van der Waals surface area contributed by atoms with Gasteiger partial charge in [0, 0.05) is 43.3 Å². The molecule has 1 atom stereocenters. The van der Waals surface area contributed by atoms with Gasteiger partial charge in [-0.15, -0.1) is 0 Å². The van der Waals surface area contributed by atoms with Gasteiger partial charge in [-0.2, -0.15) is 0 Å². The minimum Gasteiger partial charge on any atom is -0.350 e. The topological polar surface area (TPSA) is 35.6 Å². The quantitative estimate of drug-likeness (QED) is 0.871. The maximum absolute atomic E-state index is 13.0. The second-order valence-corrected chi connectivity index (χ2v) is 7.06. The van der Waals surface area contributed by atoms with Gasteiger partial charge in [0.15, 0.2) is 0 Å². The van der Waals surface area contributed by atoms with E-state index in [0.29, 0.717) is 17.1 Å². The average Bonchev–Trinajstić information content (AvgIpc) is 2.65. The first kappa shape index (κ1) is 18.8. The molecule has 1 aliphatic heterocycles. The highest BCUT2D eigenvalue weighted by molar-refractivity contribution is 6.30. The lowest BCUT2D eigenvalue weighted by atomic mass is 10.0. The number of carbonyl (C=O) groups is 1. The molecule has 1 N–H and O–H groups in total. The zero-order valence-corrected chi connectivity index (χ0v) is 15.5. The Kier molecular flexibility index (Phi) is 6.25. The van der Waals surface area contributed by atoms with Crippen LogP contribution in [0.2, 0.25) is 5.02 Å². The minimum atomic E-state index is -0.349.